The number of nitrogens with one attached hydrogen (secondary N) is 3. The molecule has 0 spiro atoms. The summed E-state index contributed by atoms with van der Waals surface area (Å²) in [6.45, 7) is 5.86. The third kappa shape index (κ3) is 3.24. The van der Waals surface area contributed by atoms with Gasteiger partial charge in [-0.2, -0.15) is 9.97 Å². The Kier molecular flexibility index (Phi) is 4.19. The van der Waals surface area contributed by atoms with E-state index in [0.29, 0.717) is 17.6 Å². The summed E-state index contributed by atoms with van der Waals surface area (Å²) >= 11 is 0. The van der Waals surface area contributed by atoms with Crippen LogP contribution in [-0.4, -0.2) is 45.2 Å². The first-order valence-electron chi connectivity index (χ1n) is 7.59. The Bertz CT molecular complexity index is 598. The first kappa shape index (κ1) is 14.1. The topological polar surface area (TPSA) is 87.8 Å². The number of hydrogen-bond acceptors (Lipinski definition) is 6. The molecular weight excluding hydrogens is 268 g/mol. The number of imidazole rings is 1. The highest BCUT2D eigenvalue weighted by Crippen LogP contribution is 2.23. The van der Waals surface area contributed by atoms with Crippen LogP contribution in [0.5, 0.6) is 0 Å². The molecular formula is C14H22N6O. The second-order valence-corrected chi connectivity index (χ2v) is 5.47. The first-order chi connectivity index (χ1) is 10.3. The van der Waals surface area contributed by atoms with Gasteiger partial charge in [0.1, 0.15) is 5.52 Å². The van der Waals surface area contributed by atoms with Crippen LogP contribution in [0.2, 0.25) is 0 Å². The van der Waals surface area contributed by atoms with Gasteiger partial charge >= 0.3 is 0 Å². The van der Waals surface area contributed by atoms with Crippen LogP contribution in [0.25, 0.3) is 11.2 Å². The highest BCUT2D eigenvalue weighted by Gasteiger charge is 2.21. The fraction of sp³-hybridized carbons (Fsp3) is 0.643. The Balaban J connectivity index is 1.83. The van der Waals surface area contributed by atoms with E-state index >= 15 is 0 Å². The minimum absolute atomic E-state index is 0.285. The predicted molar refractivity (Wildman–Crippen MR) is 82.5 cm³/mol. The van der Waals surface area contributed by atoms with Crippen LogP contribution in [0, 0.1) is 0 Å². The van der Waals surface area contributed by atoms with E-state index in [2.05, 4.69) is 44.4 Å². The van der Waals surface area contributed by atoms with Gasteiger partial charge in [0.05, 0.1) is 12.4 Å². The molecule has 0 amide bonds. The molecule has 3 N–H and O–H groups in total. The lowest BCUT2D eigenvalue weighted by atomic mass is 10.0. The van der Waals surface area contributed by atoms with Gasteiger partial charge in [-0.05, 0) is 26.2 Å². The number of fused-ring (bicyclic) bond motifs is 1. The van der Waals surface area contributed by atoms with Crippen LogP contribution >= 0.6 is 0 Å². The van der Waals surface area contributed by atoms with E-state index < -0.39 is 0 Å². The van der Waals surface area contributed by atoms with Crippen LogP contribution in [0.3, 0.4) is 0 Å². The highest BCUT2D eigenvalue weighted by molar-refractivity contribution is 5.83. The average molecular weight is 290 g/mol. The Hall–Kier alpha value is -1.89. The van der Waals surface area contributed by atoms with Gasteiger partial charge in [0.25, 0.3) is 0 Å². The van der Waals surface area contributed by atoms with Crippen LogP contribution in [-0.2, 0) is 4.74 Å². The second-order valence-electron chi connectivity index (χ2n) is 5.47. The zero-order valence-electron chi connectivity index (χ0n) is 12.5. The minimum atomic E-state index is 0.285. The van der Waals surface area contributed by atoms with E-state index in [4.69, 9.17) is 4.74 Å². The quantitative estimate of drug-likeness (QED) is 0.782. The van der Waals surface area contributed by atoms with E-state index in [1.54, 1.807) is 6.33 Å². The molecule has 0 saturated carbocycles. The lowest BCUT2D eigenvalue weighted by molar-refractivity contribution is 0.0232. The van der Waals surface area contributed by atoms with Gasteiger partial charge in [-0.25, -0.2) is 4.98 Å². The Morgan fingerprint density at radius 1 is 1.43 bits per heavy atom. The van der Waals surface area contributed by atoms with Crippen LogP contribution in [0.1, 0.15) is 33.1 Å². The Labute approximate surface area is 123 Å². The van der Waals surface area contributed by atoms with Gasteiger partial charge in [-0.3, -0.25) is 0 Å². The lowest BCUT2D eigenvalue weighted by Gasteiger charge is -2.28. The van der Waals surface area contributed by atoms with Crippen molar-refractivity contribution in [2.24, 2.45) is 0 Å². The summed E-state index contributed by atoms with van der Waals surface area (Å²) in [5.41, 5.74) is 1.54. The van der Waals surface area contributed by atoms with Gasteiger partial charge in [-0.1, -0.05) is 6.92 Å². The van der Waals surface area contributed by atoms with Crippen LogP contribution < -0.4 is 10.6 Å². The van der Waals surface area contributed by atoms with Crippen molar-refractivity contribution in [1.82, 2.24) is 19.9 Å². The minimum Gasteiger partial charge on any atom is -0.378 e. The fourth-order valence-electron chi connectivity index (χ4n) is 2.58. The average Bonchev–Trinajstić information content (AvgIpc) is 2.94. The van der Waals surface area contributed by atoms with Crippen molar-refractivity contribution in [3.8, 4) is 0 Å². The number of anilines is 2. The third-order valence-electron chi connectivity index (χ3n) is 3.64. The standard InChI is InChI=1S/C14H22N6O/c1-3-5-15-14-19-12-11(16-8-17-12)13(20-14)18-10-4-6-21-9(2)7-10/h8-10H,3-7H2,1-2H3,(H3,15,16,17,18,19,20). The number of rotatable bonds is 5. The van der Waals surface area contributed by atoms with Gasteiger partial charge in [0.2, 0.25) is 5.95 Å². The van der Waals surface area contributed by atoms with Gasteiger partial charge in [0.15, 0.2) is 11.5 Å². The summed E-state index contributed by atoms with van der Waals surface area (Å²) in [5, 5.41) is 6.74. The smallest absolute Gasteiger partial charge is 0.226 e. The van der Waals surface area contributed by atoms with Crippen molar-refractivity contribution in [2.45, 2.75) is 45.3 Å². The van der Waals surface area contributed by atoms with E-state index in [1.807, 2.05) is 0 Å². The summed E-state index contributed by atoms with van der Waals surface area (Å²) in [7, 11) is 0. The van der Waals surface area contributed by atoms with Gasteiger partial charge in [-0.15, -0.1) is 0 Å². The third-order valence-corrected chi connectivity index (χ3v) is 3.64. The van der Waals surface area contributed by atoms with Crippen molar-refractivity contribution < 1.29 is 4.74 Å². The van der Waals surface area contributed by atoms with E-state index in [9.17, 15) is 0 Å². The number of ether oxygens (including phenoxy) is 1. The molecule has 2 atom stereocenters. The van der Waals surface area contributed by atoms with Gasteiger partial charge in [0, 0.05) is 19.2 Å². The summed E-state index contributed by atoms with van der Waals surface area (Å²) in [4.78, 5) is 16.4. The zero-order chi connectivity index (χ0) is 14.7. The van der Waals surface area contributed by atoms with Crippen molar-refractivity contribution in [3.63, 3.8) is 0 Å². The molecule has 2 aromatic rings. The van der Waals surface area contributed by atoms with Crippen molar-refractivity contribution in [3.05, 3.63) is 6.33 Å². The molecule has 1 fully saturated rings. The number of aromatic amines is 1. The Morgan fingerprint density at radius 3 is 3.14 bits per heavy atom. The monoisotopic (exact) mass is 290 g/mol. The molecule has 7 heteroatoms. The maximum Gasteiger partial charge on any atom is 0.226 e. The molecule has 0 radical (unpaired) electrons. The molecule has 1 aliphatic rings. The molecule has 0 bridgehead atoms. The molecule has 7 nitrogen and oxygen atoms in total. The lowest BCUT2D eigenvalue weighted by Crippen LogP contribution is -2.32. The summed E-state index contributed by atoms with van der Waals surface area (Å²) < 4.78 is 5.59. The maximum absolute atomic E-state index is 5.59. The largest absolute Gasteiger partial charge is 0.378 e. The molecule has 3 rings (SSSR count). The maximum atomic E-state index is 5.59. The summed E-state index contributed by atoms with van der Waals surface area (Å²) in [6, 6.07) is 0.370. The van der Waals surface area contributed by atoms with Crippen molar-refractivity contribution in [2.75, 3.05) is 23.8 Å². The molecule has 114 valence electrons. The SMILES string of the molecule is CCCNc1nc(NC2CCOC(C)C2)c2[nH]cnc2n1. The molecule has 3 heterocycles. The number of aromatic nitrogens is 4. The zero-order valence-corrected chi connectivity index (χ0v) is 12.5. The molecule has 1 saturated heterocycles. The molecule has 0 aliphatic carbocycles. The number of hydrogen-bond donors (Lipinski definition) is 3. The van der Waals surface area contributed by atoms with E-state index in [-0.39, 0.29) is 6.10 Å². The van der Waals surface area contributed by atoms with Crippen molar-refractivity contribution in [1.29, 1.82) is 0 Å². The normalized spacial score (nSPS) is 22.4. The molecule has 2 aromatic heterocycles. The molecule has 1 aliphatic heterocycles. The predicted octanol–water partition coefficient (Wildman–Crippen LogP) is 2.15. The second kappa shape index (κ2) is 6.26. The van der Waals surface area contributed by atoms with E-state index in [1.165, 1.54) is 0 Å². The van der Waals surface area contributed by atoms with Crippen LogP contribution in [0.4, 0.5) is 11.8 Å². The van der Waals surface area contributed by atoms with Crippen molar-refractivity contribution >= 4 is 22.9 Å². The number of nitrogens with zero attached hydrogens (tertiary/aromatic N) is 3. The van der Waals surface area contributed by atoms with Crippen LogP contribution in [0.15, 0.2) is 6.33 Å². The number of H-pyrrole nitrogens is 1. The van der Waals surface area contributed by atoms with Gasteiger partial charge < -0.3 is 20.4 Å². The summed E-state index contributed by atoms with van der Waals surface area (Å²) in [5.74, 6) is 1.44. The highest BCUT2D eigenvalue weighted by atomic mass is 16.5. The molecule has 21 heavy (non-hydrogen) atoms. The fourth-order valence-corrected chi connectivity index (χ4v) is 2.58. The Morgan fingerprint density at radius 2 is 2.33 bits per heavy atom. The first-order valence-corrected chi connectivity index (χ1v) is 7.59. The summed E-state index contributed by atoms with van der Waals surface area (Å²) in [6.07, 6.45) is 4.94. The molecule has 2 unspecified atom stereocenters. The van der Waals surface area contributed by atoms with E-state index in [0.717, 1.165) is 43.7 Å². The molecule has 0 aromatic carbocycles.